The summed E-state index contributed by atoms with van der Waals surface area (Å²) in [4.78, 5) is 38.1. The second-order valence-electron chi connectivity index (χ2n) is 2.40. The number of nitrogens with two attached hydrogens (primary N) is 1. The molecule has 0 aliphatic carbocycles. The maximum absolute atomic E-state index is 10.8. The van der Waals surface area contributed by atoms with E-state index < -0.39 is 25.7 Å². The van der Waals surface area contributed by atoms with Crippen LogP contribution in [0.2, 0.25) is 0 Å². The molecule has 0 radical (unpaired) electrons. The number of hydrogen-bond donors (Lipinski definition) is 5. The van der Waals surface area contributed by atoms with Gasteiger partial charge in [-0.05, 0) is 0 Å². The van der Waals surface area contributed by atoms with Crippen LogP contribution in [0.25, 0.3) is 0 Å². The molecule has 0 rings (SSSR count). The minimum Gasteiger partial charge on any atom is -0.346 e. The quantitative estimate of drug-likeness (QED) is 0.322. The Morgan fingerprint density at radius 1 is 1.21 bits per heavy atom. The first-order valence-corrected chi connectivity index (χ1v) is 5.43. The van der Waals surface area contributed by atoms with Crippen LogP contribution in [-0.4, -0.2) is 41.0 Å². The van der Waals surface area contributed by atoms with Gasteiger partial charge >= 0.3 is 7.60 Å². The molecule has 8 nitrogen and oxygen atoms in total. The molecule has 0 atom stereocenters. The number of carbonyl (C=O) groups is 2. The summed E-state index contributed by atoms with van der Waals surface area (Å²) >= 11 is 0. The van der Waals surface area contributed by atoms with E-state index in [1.54, 1.807) is 0 Å². The first-order chi connectivity index (χ1) is 6.35. The zero-order valence-electron chi connectivity index (χ0n) is 7.27. The summed E-state index contributed by atoms with van der Waals surface area (Å²) in [6.45, 7) is -0.595. The number of rotatable bonds is 5. The van der Waals surface area contributed by atoms with E-state index in [0.717, 1.165) is 0 Å². The molecule has 0 bridgehead atoms. The van der Waals surface area contributed by atoms with Gasteiger partial charge in [0.05, 0.1) is 13.1 Å². The molecule has 0 aromatic carbocycles. The second-order valence-corrected chi connectivity index (χ2v) is 4.05. The van der Waals surface area contributed by atoms with Crippen molar-refractivity contribution in [2.24, 2.45) is 5.73 Å². The lowest BCUT2D eigenvalue weighted by Gasteiger charge is -2.06. The average Bonchev–Trinajstić information content (AvgIpc) is 2.09. The van der Waals surface area contributed by atoms with E-state index in [1.165, 1.54) is 0 Å². The normalized spacial score (nSPS) is 10.8. The van der Waals surface area contributed by atoms with Gasteiger partial charge in [-0.2, -0.15) is 0 Å². The average molecular weight is 225 g/mol. The van der Waals surface area contributed by atoms with Crippen molar-refractivity contribution in [3.8, 4) is 0 Å². The molecule has 0 saturated heterocycles. The third kappa shape index (κ3) is 7.69. The largest absolute Gasteiger partial charge is 0.346 e. The highest BCUT2D eigenvalue weighted by Crippen LogP contribution is 2.31. The van der Waals surface area contributed by atoms with Crippen LogP contribution >= 0.6 is 7.60 Å². The van der Waals surface area contributed by atoms with E-state index in [9.17, 15) is 14.2 Å². The lowest BCUT2D eigenvalue weighted by Crippen LogP contribution is -2.39. The van der Waals surface area contributed by atoms with E-state index in [0.29, 0.717) is 0 Å². The summed E-state index contributed by atoms with van der Waals surface area (Å²) in [7, 11) is -4.24. The first-order valence-electron chi connectivity index (χ1n) is 3.63. The van der Waals surface area contributed by atoms with Gasteiger partial charge < -0.3 is 26.2 Å². The SMILES string of the molecule is NCC(=O)NCC(=O)NCP(=O)(O)O. The van der Waals surface area contributed by atoms with Gasteiger partial charge in [0.2, 0.25) is 11.8 Å². The number of carbonyl (C=O) groups excluding carboxylic acids is 2. The Hall–Kier alpha value is -0.950. The molecular formula is C5H12N3O5P. The summed E-state index contributed by atoms with van der Waals surface area (Å²) in [6.07, 6.45) is -0.746. The molecule has 0 aromatic heterocycles. The lowest BCUT2D eigenvalue weighted by molar-refractivity contribution is -0.125. The van der Waals surface area contributed by atoms with Crippen molar-refractivity contribution in [1.82, 2.24) is 10.6 Å². The Bertz CT molecular complexity index is 262. The Kier molecular flexibility index (Phi) is 5.32. The molecule has 9 heteroatoms. The summed E-state index contributed by atoms with van der Waals surface area (Å²) in [6, 6.07) is 0. The highest BCUT2D eigenvalue weighted by Gasteiger charge is 2.14. The maximum atomic E-state index is 10.8. The fourth-order valence-electron chi connectivity index (χ4n) is 0.505. The Morgan fingerprint density at radius 3 is 2.21 bits per heavy atom. The van der Waals surface area contributed by atoms with Crippen LogP contribution in [0.4, 0.5) is 0 Å². The zero-order chi connectivity index (χ0) is 11.2. The Morgan fingerprint density at radius 2 is 1.79 bits per heavy atom. The molecule has 14 heavy (non-hydrogen) atoms. The number of nitrogens with one attached hydrogen (secondary N) is 2. The molecule has 0 heterocycles. The molecule has 82 valence electrons. The lowest BCUT2D eigenvalue weighted by atomic mass is 10.5. The molecule has 0 aromatic rings. The first kappa shape index (κ1) is 13.1. The molecular weight excluding hydrogens is 213 g/mol. The van der Waals surface area contributed by atoms with Crippen LogP contribution in [0.15, 0.2) is 0 Å². The highest BCUT2D eigenvalue weighted by molar-refractivity contribution is 7.51. The second kappa shape index (κ2) is 5.71. The number of hydrogen-bond acceptors (Lipinski definition) is 4. The van der Waals surface area contributed by atoms with Crippen molar-refractivity contribution in [2.75, 3.05) is 19.4 Å². The molecule has 6 N–H and O–H groups in total. The smallest absolute Gasteiger partial charge is 0.344 e. The molecule has 0 saturated carbocycles. The van der Waals surface area contributed by atoms with Crippen molar-refractivity contribution in [3.63, 3.8) is 0 Å². The Labute approximate surface area is 80.0 Å². The highest BCUT2D eigenvalue weighted by atomic mass is 31.2. The predicted molar refractivity (Wildman–Crippen MR) is 47.1 cm³/mol. The van der Waals surface area contributed by atoms with Crippen LogP contribution in [0.1, 0.15) is 0 Å². The Balaban J connectivity index is 3.67. The van der Waals surface area contributed by atoms with Gasteiger partial charge in [-0.25, -0.2) is 0 Å². The molecule has 0 unspecified atom stereocenters. The van der Waals surface area contributed by atoms with E-state index in [2.05, 4.69) is 5.32 Å². The van der Waals surface area contributed by atoms with Gasteiger partial charge in [0.25, 0.3) is 0 Å². The van der Waals surface area contributed by atoms with E-state index in [1.807, 2.05) is 5.32 Å². The molecule has 0 aliphatic rings. The van der Waals surface area contributed by atoms with Gasteiger partial charge in [-0.1, -0.05) is 0 Å². The third-order valence-electron chi connectivity index (χ3n) is 1.11. The van der Waals surface area contributed by atoms with Gasteiger partial charge in [0, 0.05) is 0 Å². The van der Waals surface area contributed by atoms with Crippen molar-refractivity contribution >= 4 is 19.4 Å². The summed E-state index contributed by atoms with van der Waals surface area (Å²) in [5.74, 6) is -1.20. The minimum absolute atomic E-state index is 0.244. The minimum atomic E-state index is -4.24. The van der Waals surface area contributed by atoms with Crippen molar-refractivity contribution in [2.45, 2.75) is 0 Å². The van der Waals surface area contributed by atoms with Crippen LogP contribution in [0, 0.1) is 0 Å². The predicted octanol–water partition coefficient (Wildman–Crippen LogP) is -2.69. The standard InChI is InChI=1S/C5H12N3O5P/c6-1-4(9)7-2-5(10)8-3-14(11,12)13/h1-3,6H2,(H,7,9)(H,8,10)(H2,11,12,13). The monoisotopic (exact) mass is 225 g/mol. The van der Waals surface area contributed by atoms with Crippen molar-refractivity contribution in [3.05, 3.63) is 0 Å². The number of amides is 2. The molecule has 0 fully saturated rings. The van der Waals surface area contributed by atoms with Crippen LogP contribution in [0.5, 0.6) is 0 Å². The zero-order valence-corrected chi connectivity index (χ0v) is 8.16. The third-order valence-corrected chi connectivity index (χ3v) is 1.68. The maximum Gasteiger partial charge on any atom is 0.344 e. The van der Waals surface area contributed by atoms with Crippen molar-refractivity contribution in [1.29, 1.82) is 0 Å². The molecule has 2 amide bonds. The summed E-state index contributed by atoms with van der Waals surface area (Å²) < 4.78 is 10.3. The van der Waals surface area contributed by atoms with E-state index in [4.69, 9.17) is 15.5 Å². The molecule has 0 spiro atoms. The summed E-state index contributed by atoms with van der Waals surface area (Å²) in [5, 5.41) is 4.08. The van der Waals surface area contributed by atoms with Gasteiger partial charge in [-0.3, -0.25) is 14.2 Å². The summed E-state index contributed by atoms with van der Waals surface area (Å²) in [5.41, 5.74) is 4.93. The van der Waals surface area contributed by atoms with Crippen LogP contribution in [0.3, 0.4) is 0 Å². The van der Waals surface area contributed by atoms with E-state index in [-0.39, 0.29) is 13.1 Å². The van der Waals surface area contributed by atoms with Gasteiger partial charge in [0.15, 0.2) is 0 Å². The fourth-order valence-corrected chi connectivity index (χ4v) is 0.887. The van der Waals surface area contributed by atoms with Crippen LogP contribution < -0.4 is 16.4 Å². The fraction of sp³-hybridized carbons (Fsp3) is 0.600. The van der Waals surface area contributed by atoms with Crippen molar-refractivity contribution < 1.29 is 23.9 Å². The van der Waals surface area contributed by atoms with Crippen LogP contribution in [-0.2, 0) is 14.2 Å². The van der Waals surface area contributed by atoms with Gasteiger partial charge in [-0.15, -0.1) is 0 Å². The van der Waals surface area contributed by atoms with Gasteiger partial charge in [0.1, 0.15) is 6.29 Å². The molecule has 0 aliphatic heterocycles. The topological polar surface area (TPSA) is 142 Å². The van der Waals surface area contributed by atoms with E-state index >= 15 is 0 Å².